The fourth-order valence-electron chi connectivity index (χ4n) is 1.32. The molecule has 1 aromatic rings. The van der Waals surface area contributed by atoms with E-state index in [0.29, 0.717) is 0 Å². The van der Waals surface area contributed by atoms with Gasteiger partial charge in [-0.05, 0) is 5.92 Å². The minimum atomic E-state index is -0.902. The van der Waals surface area contributed by atoms with Crippen molar-refractivity contribution in [1.29, 1.82) is 0 Å². The number of nitrogens with two attached hydrogens (primary N) is 1. The summed E-state index contributed by atoms with van der Waals surface area (Å²) < 4.78 is 31.1. The van der Waals surface area contributed by atoms with E-state index >= 15 is 0 Å². The molecule has 17 heavy (non-hydrogen) atoms. The van der Waals surface area contributed by atoms with Gasteiger partial charge in [0.2, 0.25) is 0 Å². The number of hydrazine groups is 1. The number of hydrogen-bond acceptors (Lipinski definition) is 3. The Hall–Kier alpha value is -1.69. The van der Waals surface area contributed by atoms with Gasteiger partial charge in [0.15, 0.2) is 6.10 Å². The van der Waals surface area contributed by atoms with Crippen molar-refractivity contribution in [3.05, 3.63) is 29.8 Å². The van der Waals surface area contributed by atoms with Crippen LogP contribution in [0.2, 0.25) is 0 Å². The van der Waals surface area contributed by atoms with Crippen molar-refractivity contribution in [1.82, 2.24) is 5.43 Å². The highest BCUT2D eigenvalue weighted by atomic mass is 19.1. The fourth-order valence-corrected chi connectivity index (χ4v) is 1.32. The predicted molar refractivity (Wildman–Crippen MR) is 57.9 cm³/mol. The van der Waals surface area contributed by atoms with Crippen LogP contribution in [0.4, 0.5) is 8.78 Å². The Morgan fingerprint density at radius 2 is 1.82 bits per heavy atom. The third-order valence-electron chi connectivity index (χ3n) is 2.11. The van der Waals surface area contributed by atoms with Crippen LogP contribution in [-0.2, 0) is 4.79 Å². The van der Waals surface area contributed by atoms with Gasteiger partial charge < -0.3 is 4.74 Å². The number of carbonyl (C=O) groups excluding carboxylic acids is 1. The highest BCUT2D eigenvalue weighted by Gasteiger charge is 2.23. The van der Waals surface area contributed by atoms with E-state index < -0.39 is 23.6 Å². The quantitative estimate of drug-likeness (QED) is 0.477. The largest absolute Gasteiger partial charge is 0.480 e. The van der Waals surface area contributed by atoms with Crippen molar-refractivity contribution in [3.8, 4) is 5.75 Å². The Bertz CT molecular complexity index is 390. The molecule has 1 amide bonds. The first-order valence-electron chi connectivity index (χ1n) is 5.07. The lowest BCUT2D eigenvalue weighted by Crippen LogP contribution is -2.44. The summed E-state index contributed by atoms with van der Waals surface area (Å²) in [5, 5.41) is 0. The third kappa shape index (κ3) is 3.67. The lowest BCUT2D eigenvalue weighted by atomic mass is 10.1. The maximum absolute atomic E-state index is 12.9. The highest BCUT2D eigenvalue weighted by Crippen LogP contribution is 2.19. The zero-order valence-electron chi connectivity index (χ0n) is 9.54. The molecule has 0 saturated heterocycles. The standard InChI is InChI=1S/C11H14F2N2O2/c1-6(2)10(11(16)15-14)17-9-4-7(12)3-8(13)5-9/h3-6,10H,14H2,1-2H3,(H,15,16). The van der Waals surface area contributed by atoms with E-state index in [9.17, 15) is 13.6 Å². The maximum atomic E-state index is 12.9. The second-order valence-electron chi connectivity index (χ2n) is 3.90. The minimum Gasteiger partial charge on any atom is -0.480 e. The van der Waals surface area contributed by atoms with E-state index in [2.05, 4.69) is 0 Å². The Labute approximate surface area is 97.7 Å². The lowest BCUT2D eigenvalue weighted by molar-refractivity contribution is -0.129. The molecule has 0 radical (unpaired) electrons. The topological polar surface area (TPSA) is 64.3 Å². The van der Waals surface area contributed by atoms with Crippen molar-refractivity contribution in [2.75, 3.05) is 0 Å². The van der Waals surface area contributed by atoms with Crippen LogP contribution in [-0.4, -0.2) is 12.0 Å². The molecule has 0 bridgehead atoms. The average molecular weight is 244 g/mol. The van der Waals surface area contributed by atoms with E-state index in [-0.39, 0.29) is 11.7 Å². The molecular formula is C11H14F2N2O2. The minimum absolute atomic E-state index is 0.0511. The second-order valence-corrected chi connectivity index (χ2v) is 3.90. The molecular weight excluding hydrogens is 230 g/mol. The van der Waals surface area contributed by atoms with Crippen LogP contribution < -0.4 is 16.0 Å². The number of ether oxygens (including phenoxy) is 1. The van der Waals surface area contributed by atoms with Gasteiger partial charge in [-0.15, -0.1) is 0 Å². The lowest BCUT2D eigenvalue weighted by Gasteiger charge is -2.20. The number of amides is 1. The molecule has 0 heterocycles. The van der Waals surface area contributed by atoms with Crippen molar-refractivity contribution in [2.24, 2.45) is 11.8 Å². The number of carbonyl (C=O) groups is 1. The van der Waals surface area contributed by atoms with Crippen LogP contribution >= 0.6 is 0 Å². The molecule has 1 atom stereocenters. The normalized spacial score (nSPS) is 12.4. The van der Waals surface area contributed by atoms with Crippen LogP contribution in [0.1, 0.15) is 13.8 Å². The number of halogens is 2. The number of hydrogen-bond donors (Lipinski definition) is 2. The van der Waals surface area contributed by atoms with E-state index in [1.165, 1.54) is 0 Å². The molecule has 6 heteroatoms. The molecule has 4 nitrogen and oxygen atoms in total. The average Bonchev–Trinajstić information content (AvgIpc) is 2.23. The molecule has 0 saturated carbocycles. The number of nitrogens with one attached hydrogen (secondary N) is 1. The van der Waals surface area contributed by atoms with Gasteiger partial charge in [-0.2, -0.15) is 0 Å². The van der Waals surface area contributed by atoms with Gasteiger partial charge in [0.1, 0.15) is 17.4 Å². The molecule has 0 aromatic heterocycles. The van der Waals surface area contributed by atoms with Gasteiger partial charge in [0.05, 0.1) is 0 Å². The molecule has 0 fully saturated rings. The Balaban J connectivity index is 2.89. The number of rotatable bonds is 4. The SMILES string of the molecule is CC(C)C(Oc1cc(F)cc(F)c1)C(=O)NN. The van der Waals surface area contributed by atoms with Crippen LogP contribution in [0, 0.1) is 17.6 Å². The zero-order valence-corrected chi connectivity index (χ0v) is 9.54. The summed E-state index contributed by atoms with van der Waals surface area (Å²) in [5.74, 6) is 2.67. The first-order chi connectivity index (χ1) is 7.93. The van der Waals surface area contributed by atoms with Crippen LogP contribution in [0.15, 0.2) is 18.2 Å². The van der Waals surface area contributed by atoms with Crippen LogP contribution in [0.5, 0.6) is 5.75 Å². The van der Waals surface area contributed by atoms with Gasteiger partial charge in [0, 0.05) is 18.2 Å². The maximum Gasteiger partial charge on any atom is 0.275 e. The summed E-state index contributed by atoms with van der Waals surface area (Å²) in [5.41, 5.74) is 1.94. The molecule has 0 aliphatic heterocycles. The molecule has 1 rings (SSSR count). The van der Waals surface area contributed by atoms with Gasteiger partial charge >= 0.3 is 0 Å². The molecule has 94 valence electrons. The fraction of sp³-hybridized carbons (Fsp3) is 0.364. The summed E-state index contributed by atoms with van der Waals surface area (Å²) >= 11 is 0. The van der Waals surface area contributed by atoms with E-state index in [0.717, 1.165) is 18.2 Å². The number of benzene rings is 1. The van der Waals surface area contributed by atoms with Crippen molar-refractivity contribution in [3.63, 3.8) is 0 Å². The van der Waals surface area contributed by atoms with Crippen LogP contribution in [0.25, 0.3) is 0 Å². The van der Waals surface area contributed by atoms with Gasteiger partial charge in [-0.1, -0.05) is 13.8 Å². The van der Waals surface area contributed by atoms with Gasteiger partial charge in [-0.3, -0.25) is 10.2 Å². The van der Waals surface area contributed by atoms with E-state index in [1.54, 1.807) is 13.8 Å². The predicted octanol–water partition coefficient (Wildman–Crippen LogP) is 1.36. The first kappa shape index (κ1) is 13.4. The molecule has 0 aliphatic carbocycles. The monoisotopic (exact) mass is 244 g/mol. The highest BCUT2D eigenvalue weighted by molar-refractivity contribution is 5.80. The van der Waals surface area contributed by atoms with Gasteiger partial charge in [0.25, 0.3) is 5.91 Å². The summed E-state index contributed by atoms with van der Waals surface area (Å²) in [6, 6.07) is 2.73. The smallest absolute Gasteiger partial charge is 0.275 e. The Morgan fingerprint density at radius 3 is 2.24 bits per heavy atom. The van der Waals surface area contributed by atoms with Crippen molar-refractivity contribution < 1.29 is 18.3 Å². The molecule has 0 aliphatic rings. The molecule has 3 N–H and O–H groups in total. The summed E-state index contributed by atoms with van der Waals surface area (Å²) in [6.07, 6.45) is -0.902. The molecule has 1 unspecified atom stereocenters. The van der Waals surface area contributed by atoms with E-state index in [1.807, 2.05) is 5.43 Å². The first-order valence-corrected chi connectivity index (χ1v) is 5.07. The molecule has 0 spiro atoms. The third-order valence-corrected chi connectivity index (χ3v) is 2.11. The van der Waals surface area contributed by atoms with E-state index in [4.69, 9.17) is 10.6 Å². The van der Waals surface area contributed by atoms with Crippen molar-refractivity contribution >= 4 is 5.91 Å². The van der Waals surface area contributed by atoms with Crippen LogP contribution in [0.3, 0.4) is 0 Å². The Morgan fingerprint density at radius 1 is 1.29 bits per heavy atom. The second kappa shape index (κ2) is 5.58. The summed E-state index contributed by atoms with van der Waals surface area (Å²) in [6.45, 7) is 3.46. The van der Waals surface area contributed by atoms with Crippen molar-refractivity contribution in [2.45, 2.75) is 20.0 Å². The summed E-state index contributed by atoms with van der Waals surface area (Å²) in [4.78, 5) is 11.4. The summed E-state index contributed by atoms with van der Waals surface area (Å²) in [7, 11) is 0. The zero-order chi connectivity index (χ0) is 13.0. The Kier molecular flexibility index (Phi) is 4.39. The molecule has 1 aromatic carbocycles. The van der Waals surface area contributed by atoms with Gasteiger partial charge in [-0.25, -0.2) is 14.6 Å².